The number of nitrogens with zero attached hydrogens (tertiary/aromatic N) is 7. The Bertz CT molecular complexity index is 614. The van der Waals surface area contributed by atoms with Gasteiger partial charge in [-0.2, -0.15) is 0 Å². The van der Waals surface area contributed by atoms with Gasteiger partial charge in [0.05, 0.1) is 12.6 Å². The number of tetrazole rings is 1. The SMILES string of the molecule is CC(=O)N1CCCN(C2CN(Cc3nnnn3C3CC3)CC2C)CC1. The maximum absolute atomic E-state index is 11.6. The number of aromatic nitrogens is 4. The minimum atomic E-state index is 0.204. The summed E-state index contributed by atoms with van der Waals surface area (Å²) < 4.78 is 2.02. The third-order valence-electron chi connectivity index (χ3n) is 5.91. The second kappa shape index (κ2) is 6.99. The van der Waals surface area contributed by atoms with E-state index in [1.54, 1.807) is 6.92 Å². The van der Waals surface area contributed by atoms with Crippen molar-refractivity contribution in [2.24, 2.45) is 5.92 Å². The lowest BCUT2D eigenvalue weighted by Gasteiger charge is -2.30. The fourth-order valence-electron chi connectivity index (χ4n) is 4.36. The first-order valence-electron chi connectivity index (χ1n) is 9.60. The van der Waals surface area contributed by atoms with Crippen LogP contribution in [0, 0.1) is 5.92 Å². The van der Waals surface area contributed by atoms with Crippen LogP contribution in [-0.2, 0) is 11.3 Å². The van der Waals surface area contributed by atoms with Gasteiger partial charge in [0.1, 0.15) is 0 Å². The third kappa shape index (κ3) is 3.69. The van der Waals surface area contributed by atoms with E-state index >= 15 is 0 Å². The first kappa shape index (κ1) is 16.9. The summed E-state index contributed by atoms with van der Waals surface area (Å²) in [5, 5.41) is 12.3. The van der Waals surface area contributed by atoms with Crippen molar-refractivity contribution in [2.75, 3.05) is 39.3 Å². The molecule has 2 saturated heterocycles. The number of hydrogen-bond donors (Lipinski definition) is 0. The molecule has 0 radical (unpaired) electrons. The lowest BCUT2D eigenvalue weighted by molar-refractivity contribution is -0.128. The molecule has 0 bridgehead atoms. The monoisotopic (exact) mass is 347 g/mol. The Labute approximate surface area is 149 Å². The van der Waals surface area contributed by atoms with Crippen molar-refractivity contribution in [1.29, 1.82) is 0 Å². The Morgan fingerprint density at radius 2 is 2.00 bits per heavy atom. The van der Waals surface area contributed by atoms with Gasteiger partial charge in [-0.15, -0.1) is 5.10 Å². The van der Waals surface area contributed by atoms with Gasteiger partial charge in [0, 0.05) is 52.2 Å². The molecule has 25 heavy (non-hydrogen) atoms. The molecule has 8 nitrogen and oxygen atoms in total. The van der Waals surface area contributed by atoms with E-state index in [1.807, 2.05) is 9.58 Å². The molecular weight excluding hydrogens is 318 g/mol. The molecule has 1 aromatic rings. The van der Waals surface area contributed by atoms with E-state index in [4.69, 9.17) is 0 Å². The van der Waals surface area contributed by atoms with Gasteiger partial charge in [0.2, 0.25) is 5.91 Å². The molecule has 1 amide bonds. The summed E-state index contributed by atoms with van der Waals surface area (Å²) in [6.45, 7) is 10.9. The van der Waals surface area contributed by atoms with E-state index in [0.29, 0.717) is 18.0 Å². The van der Waals surface area contributed by atoms with Crippen LogP contribution in [-0.4, -0.2) is 86.1 Å². The highest BCUT2D eigenvalue weighted by Gasteiger charge is 2.36. The fourth-order valence-corrected chi connectivity index (χ4v) is 4.36. The Kier molecular flexibility index (Phi) is 4.73. The van der Waals surface area contributed by atoms with Crippen LogP contribution in [0.1, 0.15) is 45.0 Å². The van der Waals surface area contributed by atoms with Gasteiger partial charge in [-0.05, 0) is 35.6 Å². The summed E-state index contributed by atoms with van der Waals surface area (Å²) >= 11 is 0. The van der Waals surface area contributed by atoms with Gasteiger partial charge >= 0.3 is 0 Å². The largest absolute Gasteiger partial charge is 0.342 e. The highest BCUT2D eigenvalue weighted by Crippen LogP contribution is 2.35. The number of hydrogen-bond acceptors (Lipinski definition) is 6. The maximum atomic E-state index is 11.6. The van der Waals surface area contributed by atoms with Crippen molar-refractivity contribution in [3.05, 3.63) is 5.82 Å². The molecule has 0 N–H and O–H groups in total. The summed E-state index contributed by atoms with van der Waals surface area (Å²) in [5.74, 6) is 1.85. The van der Waals surface area contributed by atoms with E-state index in [2.05, 4.69) is 32.2 Å². The number of carbonyl (C=O) groups excluding carboxylic acids is 1. The summed E-state index contributed by atoms with van der Waals surface area (Å²) in [5.41, 5.74) is 0. The minimum absolute atomic E-state index is 0.204. The fraction of sp³-hybridized carbons (Fsp3) is 0.882. The molecule has 1 aliphatic carbocycles. The van der Waals surface area contributed by atoms with Gasteiger partial charge in [0.15, 0.2) is 5.82 Å². The molecule has 3 heterocycles. The Morgan fingerprint density at radius 3 is 2.76 bits per heavy atom. The van der Waals surface area contributed by atoms with Crippen molar-refractivity contribution in [1.82, 2.24) is 34.9 Å². The van der Waals surface area contributed by atoms with Crippen molar-refractivity contribution in [3.63, 3.8) is 0 Å². The van der Waals surface area contributed by atoms with Crippen LogP contribution in [0.15, 0.2) is 0 Å². The van der Waals surface area contributed by atoms with Crippen molar-refractivity contribution in [2.45, 2.75) is 51.7 Å². The molecule has 0 aromatic carbocycles. The number of rotatable bonds is 4. The number of carbonyl (C=O) groups is 1. The van der Waals surface area contributed by atoms with E-state index in [-0.39, 0.29) is 5.91 Å². The molecule has 1 saturated carbocycles. The second-order valence-corrected chi connectivity index (χ2v) is 7.91. The molecule has 2 atom stereocenters. The Morgan fingerprint density at radius 1 is 1.16 bits per heavy atom. The van der Waals surface area contributed by atoms with E-state index in [1.165, 1.54) is 12.8 Å². The van der Waals surface area contributed by atoms with Crippen molar-refractivity contribution < 1.29 is 4.79 Å². The zero-order valence-corrected chi connectivity index (χ0v) is 15.3. The molecule has 2 aliphatic heterocycles. The normalized spacial score (nSPS) is 29.1. The highest BCUT2D eigenvalue weighted by molar-refractivity contribution is 5.73. The molecule has 3 aliphatic rings. The van der Waals surface area contributed by atoms with Crippen LogP contribution in [0.4, 0.5) is 0 Å². The average molecular weight is 347 g/mol. The molecule has 4 rings (SSSR count). The lowest BCUT2D eigenvalue weighted by Crippen LogP contribution is -2.43. The maximum Gasteiger partial charge on any atom is 0.219 e. The van der Waals surface area contributed by atoms with Crippen molar-refractivity contribution >= 4 is 5.91 Å². The molecule has 2 unspecified atom stereocenters. The summed E-state index contributed by atoms with van der Waals surface area (Å²) in [7, 11) is 0. The first-order chi connectivity index (χ1) is 12.1. The van der Waals surface area contributed by atoms with Gasteiger partial charge in [0.25, 0.3) is 0 Å². The van der Waals surface area contributed by atoms with Gasteiger partial charge < -0.3 is 4.90 Å². The Hall–Kier alpha value is -1.54. The van der Waals surface area contributed by atoms with Crippen molar-refractivity contribution in [3.8, 4) is 0 Å². The summed E-state index contributed by atoms with van der Waals surface area (Å²) in [4.78, 5) is 18.7. The van der Waals surface area contributed by atoms with E-state index < -0.39 is 0 Å². The standard InChI is InChI=1S/C17H29N7O/c1-13-10-21(12-17-18-19-20-24(17)15-4-5-15)11-16(13)23-7-3-6-22(8-9-23)14(2)25/h13,15-16H,3-12H2,1-2H3. The second-order valence-electron chi connectivity index (χ2n) is 7.91. The van der Waals surface area contributed by atoms with Crippen LogP contribution in [0.5, 0.6) is 0 Å². The number of likely N-dealkylation sites (tertiary alicyclic amines) is 1. The molecular formula is C17H29N7O. The zero-order chi connectivity index (χ0) is 17.4. The van der Waals surface area contributed by atoms with E-state index in [9.17, 15) is 4.79 Å². The average Bonchev–Trinajstić information content (AvgIpc) is 3.29. The lowest BCUT2D eigenvalue weighted by atomic mass is 10.0. The van der Waals surface area contributed by atoms with Crippen LogP contribution in [0.25, 0.3) is 0 Å². The molecule has 0 spiro atoms. The summed E-state index contributed by atoms with van der Waals surface area (Å²) in [6, 6.07) is 1.10. The van der Waals surface area contributed by atoms with Crippen LogP contribution in [0.3, 0.4) is 0 Å². The molecule has 138 valence electrons. The van der Waals surface area contributed by atoms with Gasteiger partial charge in [-0.25, -0.2) is 4.68 Å². The quantitative estimate of drug-likeness (QED) is 0.784. The van der Waals surface area contributed by atoms with Crippen LogP contribution in [0.2, 0.25) is 0 Å². The minimum Gasteiger partial charge on any atom is -0.342 e. The van der Waals surface area contributed by atoms with Crippen LogP contribution >= 0.6 is 0 Å². The predicted octanol–water partition coefficient (Wildman–Crippen LogP) is 0.383. The Balaban J connectivity index is 1.36. The molecule has 8 heteroatoms. The highest BCUT2D eigenvalue weighted by atomic mass is 16.2. The third-order valence-corrected chi connectivity index (χ3v) is 5.91. The zero-order valence-electron chi connectivity index (χ0n) is 15.3. The predicted molar refractivity (Wildman–Crippen MR) is 92.8 cm³/mol. The number of amides is 1. The van der Waals surface area contributed by atoms with E-state index in [0.717, 1.165) is 58.1 Å². The smallest absolute Gasteiger partial charge is 0.219 e. The van der Waals surface area contributed by atoms with Crippen LogP contribution < -0.4 is 0 Å². The first-order valence-corrected chi connectivity index (χ1v) is 9.60. The molecule has 1 aromatic heterocycles. The topological polar surface area (TPSA) is 70.4 Å². The molecule has 3 fully saturated rings. The van der Waals surface area contributed by atoms with Gasteiger partial charge in [-0.3, -0.25) is 14.6 Å². The van der Waals surface area contributed by atoms with Gasteiger partial charge in [-0.1, -0.05) is 6.92 Å². The summed E-state index contributed by atoms with van der Waals surface area (Å²) in [6.07, 6.45) is 3.48.